The van der Waals surface area contributed by atoms with Crippen LogP contribution in [-0.4, -0.2) is 13.7 Å². The molecule has 3 heteroatoms. The Morgan fingerprint density at radius 2 is 2.00 bits per heavy atom. The smallest absolute Gasteiger partial charge is 0.122 e. The fourth-order valence-electron chi connectivity index (χ4n) is 2.67. The van der Waals surface area contributed by atoms with Crippen molar-refractivity contribution in [3.8, 4) is 5.75 Å². The lowest BCUT2D eigenvalue weighted by molar-refractivity contribution is 0.405. The number of rotatable bonds is 7. The van der Waals surface area contributed by atoms with Gasteiger partial charge < -0.3 is 10.1 Å². The van der Waals surface area contributed by atoms with Crippen LogP contribution in [-0.2, 0) is 6.42 Å². The van der Waals surface area contributed by atoms with Crippen molar-refractivity contribution in [2.75, 3.05) is 13.7 Å². The Morgan fingerprint density at radius 1 is 1.24 bits per heavy atom. The fourth-order valence-corrected chi connectivity index (χ4v) is 3.78. The van der Waals surface area contributed by atoms with Crippen molar-refractivity contribution in [3.63, 3.8) is 0 Å². The minimum absolute atomic E-state index is 0.361. The van der Waals surface area contributed by atoms with Crippen molar-refractivity contribution in [3.05, 3.63) is 51.2 Å². The predicted molar refractivity (Wildman–Crippen MR) is 91.5 cm³/mol. The molecule has 1 heterocycles. The van der Waals surface area contributed by atoms with Crippen LogP contribution in [0.3, 0.4) is 0 Å². The van der Waals surface area contributed by atoms with Crippen LogP contribution in [0.2, 0.25) is 0 Å². The van der Waals surface area contributed by atoms with Gasteiger partial charge in [0.15, 0.2) is 0 Å². The van der Waals surface area contributed by atoms with Gasteiger partial charge in [0.1, 0.15) is 5.75 Å². The molecule has 21 heavy (non-hydrogen) atoms. The van der Waals surface area contributed by atoms with Crippen LogP contribution < -0.4 is 10.1 Å². The summed E-state index contributed by atoms with van der Waals surface area (Å²) in [5.41, 5.74) is 2.65. The number of benzene rings is 1. The summed E-state index contributed by atoms with van der Waals surface area (Å²) < 4.78 is 5.50. The summed E-state index contributed by atoms with van der Waals surface area (Å²) in [6.07, 6.45) is 2.11. The van der Waals surface area contributed by atoms with E-state index in [9.17, 15) is 0 Å². The molecule has 0 bridgehead atoms. The van der Waals surface area contributed by atoms with E-state index in [2.05, 4.69) is 44.3 Å². The van der Waals surface area contributed by atoms with Gasteiger partial charge in [0.05, 0.1) is 7.11 Å². The van der Waals surface area contributed by atoms with Crippen molar-refractivity contribution in [1.82, 2.24) is 5.32 Å². The van der Waals surface area contributed by atoms with Crippen LogP contribution in [0.4, 0.5) is 0 Å². The van der Waals surface area contributed by atoms with Gasteiger partial charge in [0.25, 0.3) is 0 Å². The Balaban J connectivity index is 2.26. The molecule has 0 amide bonds. The molecule has 1 atom stereocenters. The van der Waals surface area contributed by atoms with Gasteiger partial charge in [-0.3, -0.25) is 0 Å². The summed E-state index contributed by atoms with van der Waals surface area (Å²) in [5.74, 6) is 0.978. The molecule has 0 fully saturated rings. The normalized spacial score (nSPS) is 12.4. The number of hydrogen-bond acceptors (Lipinski definition) is 3. The first-order chi connectivity index (χ1) is 10.2. The van der Waals surface area contributed by atoms with E-state index in [4.69, 9.17) is 4.74 Å². The molecule has 0 saturated carbocycles. The minimum Gasteiger partial charge on any atom is -0.496 e. The molecule has 1 N–H and O–H groups in total. The van der Waals surface area contributed by atoms with E-state index in [1.165, 1.54) is 20.9 Å². The highest BCUT2D eigenvalue weighted by Crippen LogP contribution is 2.31. The third kappa shape index (κ3) is 4.08. The van der Waals surface area contributed by atoms with Gasteiger partial charge in [-0.1, -0.05) is 25.1 Å². The summed E-state index contributed by atoms with van der Waals surface area (Å²) in [6, 6.07) is 11.0. The first-order valence-electron chi connectivity index (χ1n) is 7.58. The standard InChI is InChI=1S/C18H25NOS/c1-5-10-19-16(18-13(2)11-14(3)21-18)12-15-8-6-7-9-17(15)20-4/h6-9,11,16,19H,5,10,12H2,1-4H3. The molecule has 0 aliphatic heterocycles. The summed E-state index contributed by atoms with van der Waals surface area (Å²) >= 11 is 1.90. The molecule has 2 nitrogen and oxygen atoms in total. The van der Waals surface area contributed by atoms with Crippen molar-refractivity contribution >= 4 is 11.3 Å². The van der Waals surface area contributed by atoms with Crippen LogP contribution in [0.15, 0.2) is 30.3 Å². The first-order valence-corrected chi connectivity index (χ1v) is 8.39. The van der Waals surface area contributed by atoms with Crippen LogP contribution in [0, 0.1) is 13.8 Å². The second-order valence-electron chi connectivity index (χ2n) is 5.43. The van der Waals surface area contributed by atoms with Gasteiger partial charge in [0.2, 0.25) is 0 Å². The number of para-hydroxylation sites is 1. The molecule has 1 unspecified atom stereocenters. The van der Waals surface area contributed by atoms with E-state index in [0.29, 0.717) is 6.04 Å². The van der Waals surface area contributed by atoms with Gasteiger partial charge >= 0.3 is 0 Å². The fraction of sp³-hybridized carbons (Fsp3) is 0.444. The molecular formula is C18H25NOS. The SMILES string of the molecule is CCCNC(Cc1ccccc1OC)c1sc(C)cc1C. The molecular weight excluding hydrogens is 278 g/mol. The van der Waals surface area contributed by atoms with Gasteiger partial charge in [-0.2, -0.15) is 0 Å². The van der Waals surface area contributed by atoms with E-state index in [0.717, 1.165) is 25.1 Å². The quantitative estimate of drug-likeness (QED) is 0.803. The zero-order valence-corrected chi connectivity index (χ0v) is 14.2. The van der Waals surface area contributed by atoms with Crippen molar-refractivity contribution < 1.29 is 4.74 Å². The molecule has 114 valence electrons. The Kier molecular flexibility index (Phi) is 5.83. The highest BCUT2D eigenvalue weighted by molar-refractivity contribution is 7.12. The molecule has 0 radical (unpaired) electrons. The number of methoxy groups -OCH3 is 1. The lowest BCUT2D eigenvalue weighted by Crippen LogP contribution is -2.24. The lowest BCUT2D eigenvalue weighted by Gasteiger charge is -2.20. The summed E-state index contributed by atoms with van der Waals surface area (Å²) in [6.45, 7) is 7.64. The van der Waals surface area contributed by atoms with Gasteiger partial charge in [-0.15, -0.1) is 11.3 Å². The number of hydrogen-bond donors (Lipinski definition) is 1. The topological polar surface area (TPSA) is 21.3 Å². The maximum atomic E-state index is 5.50. The van der Waals surface area contributed by atoms with Gasteiger partial charge in [-0.05, 0) is 56.5 Å². The number of nitrogens with one attached hydrogen (secondary N) is 1. The Bertz CT molecular complexity index is 576. The van der Waals surface area contributed by atoms with Crippen LogP contribution in [0.5, 0.6) is 5.75 Å². The molecule has 1 aromatic carbocycles. The van der Waals surface area contributed by atoms with Crippen LogP contribution in [0.1, 0.15) is 40.3 Å². The monoisotopic (exact) mass is 303 g/mol. The largest absolute Gasteiger partial charge is 0.496 e. The van der Waals surface area contributed by atoms with E-state index >= 15 is 0 Å². The molecule has 2 aromatic rings. The van der Waals surface area contributed by atoms with Gasteiger partial charge in [0, 0.05) is 15.8 Å². The Hall–Kier alpha value is -1.32. The molecule has 0 aliphatic rings. The third-order valence-corrected chi connectivity index (χ3v) is 4.92. The zero-order valence-electron chi connectivity index (χ0n) is 13.4. The average molecular weight is 303 g/mol. The molecule has 0 saturated heterocycles. The maximum absolute atomic E-state index is 5.50. The minimum atomic E-state index is 0.361. The summed E-state index contributed by atoms with van der Waals surface area (Å²) in [5, 5.41) is 3.69. The second-order valence-corrected chi connectivity index (χ2v) is 6.71. The average Bonchev–Trinajstić information content (AvgIpc) is 2.82. The van der Waals surface area contributed by atoms with E-state index in [1.807, 2.05) is 23.5 Å². The van der Waals surface area contributed by atoms with Gasteiger partial charge in [-0.25, -0.2) is 0 Å². The van der Waals surface area contributed by atoms with Crippen LogP contribution >= 0.6 is 11.3 Å². The van der Waals surface area contributed by atoms with Crippen molar-refractivity contribution in [2.45, 2.75) is 39.7 Å². The number of ether oxygens (including phenoxy) is 1. The molecule has 0 spiro atoms. The third-order valence-electron chi connectivity index (χ3n) is 3.65. The number of aryl methyl sites for hydroxylation is 2. The molecule has 2 rings (SSSR count). The van der Waals surface area contributed by atoms with E-state index in [-0.39, 0.29) is 0 Å². The number of thiophene rings is 1. The van der Waals surface area contributed by atoms with E-state index in [1.54, 1.807) is 7.11 Å². The molecule has 1 aromatic heterocycles. The predicted octanol–water partition coefficient (Wildman–Crippen LogP) is 4.66. The Morgan fingerprint density at radius 3 is 2.62 bits per heavy atom. The van der Waals surface area contributed by atoms with Crippen molar-refractivity contribution in [1.29, 1.82) is 0 Å². The second kappa shape index (κ2) is 7.62. The maximum Gasteiger partial charge on any atom is 0.122 e. The highest BCUT2D eigenvalue weighted by atomic mass is 32.1. The molecule has 0 aliphatic carbocycles. The lowest BCUT2D eigenvalue weighted by atomic mass is 10.0. The van der Waals surface area contributed by atoms with E-state index < -0.39 is 0 Å². The summed E-state index contributed by atoms with van der Waals surface area (Å²) in [7, 11) is 1.74. The highest BCUT2D eigenvalue weighted by Gasteiger charge is 2.18. The first kappa shape index (κ1) is 16.1. The van der Waals surface area contributed by atoms with Crippen LogP contribution in [0.25, 0.3) is 0 Å². The van der Waals surface area contributed by atoms with Crippen molar-refractivity contribution in [2.24, 2.45) is 0 Å². The zero-order chi connectivity index (χ0) is 15.2. The Labute approximate surface area is 132 Å². The summed E-state index contributed by atoms with van der Waals surface area (Å²) in [4.78, 5) is 2.83.